The Balaban J connectivity index is 2.53. The molecule has 218 valence electrons. The van der Waals surface area contributed by atoms with Crippen LogP contribution in [0.2, 0.25) is 0 Å². The molecule has 0 bridgehead atoms. The predicted molar refractivity (Wildman–Crippen MR) is 149 cm³/mol. The number of amides is 1. The number of aliphatic hydroxyl groups is 2. The van der Waals surface area contributed by atoms with E-state index >= 15 is 0 Å². The van der Waals surface area contributed by atoms with Gasteiger partial charge in [-0.2, -0.15) is 0 Å². The Morgan fingerprint density at radius 1 is 1.11 bits per heavy atom. The molecule has 0 aromatic heterocycles. The Morgan fingerprint density at radius 2 is 1.79 bits per heavy atom. The normalized spacial score (nSPS) is 21.6. The smallest absolute Gasteiger partial charge is 0.411 e. The Hall–Kier alpha value is -2.03. The summed E-state index contributed by atoms with van der Waals surface area (Å²) in [6, 6.07) is 5.03. The molecule has 8 heteroatoms. The number of carbonyl (C=O) groups excluding carboxylic acids is 1. The number of hydrogen-bond acceptors (Lipinski definition) is 7. The van der Waals surface area contributed by atoms with Crippen molar-refractivity contribution in [3.8, 4) is 11.5 Å². The van der Waals surface area contributed by atoms with Crippen LogP contribution < -0.4 is 9.47 Å². The van der Waals surface area contributed by atoms with Crippen molar-refractivity contribution in [1.29, 1.82) is 0 Å². The van der Waals surface area contributed by atoms with E-state index in [9.17, 15) is 15.0 Å². The zero-order chi connectivity index (χ0) is 28.6. The predicted octanol–water partition coefficient (Wildman–Crippen LogP) is 5.45. The standard InChI is InChI=1S/C30H51NO7/c1-19(2)22(18-32)15-25(33)24-17-23(20(3)4)28(31(24)29(34)38-30(5,6)7)21-11-12-26(36-9)27(16-21)37-14-10-13-35-8/h11-12,16,19-20,22-25,28,32-33H,10,13-15,17-18H2,1-9H3/t22-,23+,24+,25+,28+/m0/s1. The number of aliphatic hydroxyl groups excluding tert-OH is 2. The van der Waals surface area contributed by atoms with E-state index in [2.05, 4.69) is 13.8 Å². The maximum atomic E-state index is 13.7. The quantitative estimate of drug-likeness (QED) is 0.323. The van der Waals surface area contributed by atoms with Gasteiger partial charge in [0.25, 0.3) is 0 Å². The highest BCUT2D eigenvalue weighted by Crippen LogP contribution is 2.48. The van der Waals surface area contributed by atoms with Crippen molar-refractivity contribution >= 4 is 6.09 Å². The fourth-order valence-electron chi connectivity index (χ4n) is 5.28. The van der Waals surface area contributed by atoms with E-state index in [1.54, 1.807) is 19.1 Å². The molecule has 1 saturated heterocycles. The minimum atomic E-state index is -0.795. The van der Waals surface area contributed by atoms with Gasteiger partial charge in [0.05, 0.1) is 31.9 Å². The van der Waals surface area contributed by atoms with Gasteiger partial charge in [-0.25, -0.2) is 4.79 Å². The monoisotopic (exact) mass is 537 g/mol. The molecule has 0 unspecified atom stereocenters. The fourth-order valence-corrected chi connectivity index (χ4v) is 5.28. The summed E-state index contributed by atoms with van der Waals surface area (Å²) in [6.07, 6.45) is 0.540. The van der Waals surface area contributed by atoms with Crippen LogP contribution in [0.1, 0.15) is 79.3 Å². The molecule has 38 heavy (non-hydrogen) atoms. The lowest BCUT2D eigenvalue weighted by Crippen LogP contribution is -2.47. The second kappa shape index (κ2) is 14.4. The van der Waals surface area contributed by atoms with Gasteiger partial charge in [0.2, 0.25) is 0 Å². The summed E-state index contributed by atoms with van der Waals surface area (Å²) in [4.78, 5) is 15.5. The molecule has 1 aromatic rings. The van der Waals surface area contributed by atoms with E-state index in [0.717, 1.165) is 12.0 Å². The van der Waals surface area contributed by atoms with Gasteiger partial charge in [0.15, 0.2) is 11.5 Å². The second-order valence-corrected chi connectivity index (χ2v) is 12.1. The van der Waals surface area contributed by atoms with E-state index in [1.165, 1.54) is 0 Å². The van der Waals surface area contributed by atoms with Gasteiger partial charge in [-0.1, -0.05) is 33.8 Å². The number of likely N-dealkylation sites (tertiary alicyclic amines) is 1. The Kier molecular flexibility index (Phi) is 12.2. The number of ether oxygens (including phenoxy) is 4. The molecule has 1 aromatic carbocycles. The lowest BCUT2D eigenvalue weighted by Gasteiger charge is -2.37. The molecular weight excluding hydrogens is 486 g/mol. The van der Waals surface area contributed by atoms with Crippen LogP contribution in [0, 0.1) is 23.7 Å². The zero-order valence-corrected chi connectivity index (χ0v) is 24.9. The molecule has 1 heterocycles. The number of nitrogens with zero attached hydrogens (tertiary/aromatic N) is 1. The van der Waals surface area contributed by atoms with Crippen LogP contribution in [-0.4, -0.2) is 73.0 Å². The van der Waals surface area contributed by atoms with Crippen molar-refractivity contribution in [3.63, 3.8) is 0 Å². The summed E-state index contributed by atoms with van der Waals surface area (Å²) in [5.74, 6) is 1.71. The first kappa shape index (κ1) is 32.2. The third kappa shape index (κ3) is 8.48. The zero-order valence-electron chi connectivity index (χ0n) is 24.9. The largest absolute Gasteiger partial charge is 0.493 e. The Bertz CT molecular complexity index is 867. The lowest BCUT2D eigenvalue weighted by atomic mass is 9.83. The van der Waals surface area contributed by atoms with Crippen LogP contribution in [0.5, 0.6) is 11.5 Å². The first-order valence-corrected chi connectivity index (χ1v) is 13.9. The van der Waals surface area contributed by atoms with E-state index in [4.69, 9.17) is 18.9 Å². The van der Waals surface area contributed by atoms with Crippen LogP contribution in [0.25, 0.3) is 0 Å². The molecule has 0 aliphatic carbocycles. The van der Waals surface area contributed by atoms with Crippen LogP contribution in [0.4, 0.5) is 4.79 Å². The van der Waals surface area contributed by atoms with Gasteiger partial charge in [0, 0.05) is 26.7 Å². The minimum absolute atomic E-state index is 0.00677. The molecule has 1 aliphatic rings. The maximum absolute atomic E-state index is 13.7. The van der Waals surface area contributed by atoms with E-state index in [0.29, 0.717) is 37.6 Å². The molecule has 2 rings (SSSR count). The van der Waals surface area contributed by atoms with Gasteiger partial charge >= 0.3 is 6.09 Å². The summed E-state index contributed by atoms with van der Waals surface area (Å²) < 4.78 is 22.6. The van der Waals surface area contributed by atoms with Gasteiger partial charge in [-0.05, 0) is 75.0 Å². The van der Waals surface area contributed by atoms with Gasteiger partial charge in [-0.15, -0.1) is 0 Å². The maximum Gasteiger partial charge on any atom is 0.411 e. The third-order valence-corrected chi connectivity index (χ3v) is 7.48. The van der Waals surface area contributed by atoms with Crippen molar-refractivity contribution in [2.24, 2.45) is 23.7 Å². The Labute approximate surface area is 229 Å². The van der Waals surface area contributed by atoms with Crippen molar-refractivity contribution in [2.75, 3.05) is 34.0 Å². The number of carbonyl (C=O) groups is 1. The molecule has 0 radical (unpaired) electrons. The summed E-state index contributed by atoms with van der Waals surface area (Å²) >= 11 is 0. The topological polar surface area (TPSA) is 97.7 Å². The van der Waals surface area contributed by atoms with Crippen molar-refractivity contribution < 1.29 is 34.0 Å². The molecule has 2 N–H and O–H groups in total. The first-order valence-electron chi connectivity index (χ1n) is 13.9. The Morgan fingerprint density at radius 3 is 2.32 bits per heavy atom. The van der Waals surface area contributed by atoms with Gasteiger partial charge in [-0.3, -0.25) is 4.90 Å². The van der Waals surface area contributed by atoms with Crippen molar-refractivity contribution in [2.45, 2.75) is 91.5 Å². The minimum Gasteiger partial charge on any atom is -0.493 e. The van der Waals surface area contributed by atoms with Crippen LogP contribution in [0.3, 0.4) is 0 Å². The SMILES string of the molecule is COCCCOc1cc([C@@H]2[C@@H](C(C)C)C[C@H]([C@H](O)C[C@@H](CO)C(C)C)N2C(=O)OC(C)(C)C)ccc1OC. The van der Waals surface area contributed by atoms with E-state index in [-0.39, 0.29) is 36.3 Å². The average molecular weight is 538 g/mol. The molecule has 1 amide bonds. The van der Waals surface area contributed by atoms with Gasteiger partial charge in [0.1, 0.15) is 5.60 Å². The summed E-state index contributed by atoms with van der Waals surface area (Å²) in [5, 5.41) is 21.4. The van der Waals surface area contributed by atoms with Crippen molar-refractivity contribution in [3.05, 3.63) is 23.8 Å². The van der Waals surface area contributed by atoms with Crippen LogP contribution in [0.15, 0.2) is 18.2 Å². The average Bonchev–Trinajstić information content (AvgIpc) is 3.25. The van der Waals surface area contributed by atoms with Gasteiger partial charge < -0.3 is 29.2 Å². The first-order chi connectivity index (χ1) is 17.8. The van der Waals surface area contributed by atoms with Crippen molar-refractivity contribution in [1.82, 2.24) is 4.90 Å². The number of rotatable bonds is 13. The highest BCUT2D eigenvalue weighted by atomic mass is 16.6. The fraction of sp³-hybridized carbons (Fsp3) is 0.767. The van der Waals surface area contributed by atoms with E-state index in [1.807, 2.05) is 52.8 Å². The number of hydrogen-bond donors (Lipinski definition) is 2. The molecule has 1 fully saturated rings. The molecule has 0 saturated carbocycles. The highest BCUT2D eigenvalue weighted by Gasteiger charge is 2.50. The molecule has 5 atom stereocenters. The van der Waals surface area contributed by atoms with E-state index < -0.39 is 23.8 Å². The summed E-state index contributed by atoms with van der Waals surface area (Å²) in [7, 11) is 3.27. The summed E-state index contributed by atoms with van der Waals surface area (Å²) in [5.41, 5.74) is 0.225. The molecule has 0 spiro atoms. The van der Waals surface area contributed by atoms with Crippen LogP contribution in [-0.2, 0) is 9.47 Å². The second-order valence-electron chi connectivity index (χ2n) is 12.1. The third-order valence-electron chi connectivity index (χ3n) is 7.48. The molecule has 8 nitrogen and oxygen atoms in total. The number of benzene rings is 1. The van der Waals surface area contributed by atoms with Crippen LogP contribution >= 0.6 is 0 Å². The summed E-state index contributed by atoms with van der Waals surface area (Å²) in [6.45, 7) is 15.0. The lowest BCUT2D eigenvalue weighted by molar-refractivity contribution is -0.0134. The number of methoxy groups -OCH3 is 2. The highest BCUT2D eigenvalue weighted by molar-refractivity contribution is 5.70. The molecule has 1 aliphatic heterocycles. The molecular formula is C30H51NO7.